The summed E-state index contributed by atoms with van der Waals surface area (Å²) in [6.45, 7) is 14.5. The lowest BCUT2D eigenvalue weighted by atomic mass is 10.1. The van der Waals surface area contributed by atoms with Crippen LogP contribution in [-0.4, -0.2) is 80.0 Å². The van der Waals surface area contributed by atoms with Crippen LogP contribution in [0.3, 0.4) is 0 Å². The van der Waals surface area contributed by atoms with Gasteiger partial charge in [-0.3, -0.25) is 9.89 Å². The van der Waals surface area contributed by atoms with Gasteiger partial charge in [-0.15, -0.1) is 0 Å². The van der Waals surface area contributed by atoms with Crippen molar-refractivity contribution in [2.45, 2.75) is 59.5 Å². The molecule has 2 fully saturated rings. The van der Waals surface area contributed by atoms with Crippen molar-refractivity contribution in [3.05, 3.63) is 47.7 Å². The molecule has 8 heteroatoms. The molecule has 0 aromatic carbocycles. The predicted octanol–water partition coefficient (Wildman–Crippen LogP) is 4.13. The molecule has 3 atom stereocenters. The van der Waals surface area contributed by atoms with Crippen LogP contribution in [0.4, 0.5) is 4.79 Å². The minimum absolute atomic E-state index is 0.0295. The Hall–Kier alpha value is -2.71. The maximum atomic E-state index is 11.5. The van der Waals surface area contributed by atoms with Crippen LogP contribution in [0.15, 0.2) is 57.7 Å². The number of amidine groups is 1. The van der Waals surface area contributed by atoms with E-state index in [1.807, 2.05) is 27.1 Å². The Labute approximate surface area is 217 Å². The number of allylic oxidation sites excluding steroid dienone is 3. The summed E-state index contributed by atoms with van der Waals surface area (Å²) in [6, 6.07) is -0.0862. The Bertz CT molecular complexity index is 880. The average molecular weight is 499 g/mol. The van der Waals surface area contributed by atoms with Gasteiger partial charge in [0.1, 0.15) is 5.84 Å². The molecule has 1 aliphatic carbocycles. The van der Waals surface area contributed by atoms with Gasteiger partial charge in [0.2, 0.25) is 0 Å². The first-order chi connectivity index (χ1) is 17.3. The van der Waals surface area contributed by atoms with Gasteiger partial charge in [-0.25, -0.2) is 9.79 Å². The van der Waals surface area contributed by atoms with Gasteiger partial charge in [-0.05, 0) is 58.7 Å². The maximum absolute atomic E-state index is 11.5. The monoisotopic (exact) mass is 498 g/mol. The molecule has 2 aliphatic rings. The summed E-state index contributed by atoms with van der Waals surface area (Å²) in [5.41, 5.74) is 7.94. The Morgan fingerprint density at radius 1 is 1.28 bits per heavy atom. The van der Waals surface area contributed by atoms with Crippen molar-refractivity contribution in [3.63, 3.8) is 0 Å². The summed E-state index contributed by atoms with van der Waals surface area (Å²) >= 11 is 0. The molecule has 2 amide bonds. The van der Waals surface area contributed by atoms with E-state index >= 15 is 0 Å². The van der Waals surface area contributed by atoms with E-state index in [1.165, 1.54) is 16.8 Å². The number of nitrogens with one attached hydrogen (secondary N) is 1. The smallest absolute Gasteiger partial charge is 0.320 e. The third-order valence-corrected chi connectivity index (χ3v) is 6.76. The molecule has 2 rings (SSSR count). The van der Waals surface area contributed by atoms with Crippen molar-refractivity contribution < 1.29 is 9.53 Å². The predicted molar refractivity (Wildman–Crippen MR) is 150 cm³/mol. The standard InChI is InChI=1S/C28H46N6O2/c1-7-22(5)26-24(13-12-23(8-2)19-31-20-34(21(3)4)28(29)35)27(26)32-14-10-9-11-25(30-6)33-15-17-36-18-16-33/h7,9,11-13,19-21,24,26-27,32H,8,10,14-18H2,1-6H3,(H2,29,35)/b11-9-,13-12+,22-7-,23-19+,30-25?,31-20?/t24?,26-,27-/m1/s1. The topological polar surface area (TPSA) is 95.5 Å². The quantitative estimate of drug-likeness (QED) is 0.139. The summed E-state index contributed by atoms with van der Waals surface area (Å²) in [7, 11) is 1.85. The minimum atomic E-state index is -0.499. The number of carbonyl (C=O) groups is 1. The fourth-order valence-corrected chi connectivity index (χ4v) is 4.38. The van der Waals surface area contributed by atoms with Gasteiger partial charge in [0.25, 0.3) is 0 Å². The second-order valence-corrected chi connectivity index (χ2v) is 9.51. The highest BCUT2D eigenvalue weighted by Gasteiger charge is 2.48. The number of ether oxygens (including phenoxy) is 1. The molecule has 1 saturated heterocycles. The molecule has 1 heterocycles. The van der Waals surface area contributed by atoms with Gasteiger partial charge in [-0.1, -0.05) is 36.8 Å². The normalized spacial score (nSPS) is 24.0. The van der Waals surface area contributed by atoms with Gasteiger partial charge < -0.3 is 20.7 Å². The second-order valence-electron chi connectivity index (χ2n) is 9.51. The van der Waals surface area contributed by atoms with E-state index in [0.29, 0.717) is 17.9 Å². The first-order valence-corrected chi connectivity index (χ1v) is 13.1. The van der Waals surface area contributed by atoms with E-state index in [4.69, 9.17) is 10.5 Å². The first kappa shape index (κ1) is 29.5. The molecule has 0 radical (unpaired) electrons. The molecule has 0 spiro atoms. The molecule has 36 heavy (non-hydrogen) atoms. The van der Waals surface area contributed by atoms with Crippen LogP contribution >= 0.6 is 0 Å². The highest BCUT2D eigenvalue weighted by Crippen LogP contribution is 2.45. The number of primary amides is 1. The van der Waals surface area contributed by atoms with Crippen molar-refractivity contribution in [2.24, 2.45) is 27.6 Å². The average Bonchev–Trinajstić information content (AvgIpc) is 3.57. The SMILES string of the molecule is C/C=C(/C)[C@@H]1C(/C=C/C(=C/N=CN(C(N)=O)C(C)C)CC)[C@H]1NCC/C=C\C(=NC)N1CCOCC1. The Morgan fingerprint density at radius 2 is 2.00 bits per heavy atom. The van der Waals surface area contributed by atoms with Gasteiger partial charge >= 0.3 is 6.03 Å². The van der Waals surface area contributed by atoms with Crippen molar-refractivity contribution in [3.8, 4) is 0 Å². The molecular weight excluding hydrogens is 452 g/mol. The molecule has 1 saturated carbocycles. The summed E-state index contributed by atoms with van der Waals surface area (Å²) in [5, 5.41) is 3.74. The zero-order chi connectivity index (χ0) is 26.5. The zero-order valence-corrected chi connectivity index (χ0v) is 23.0. The molecular formula is C28H46N6O2. The number of urea groups is 1. The number of amides is 2. The van der Waals surface area contributed by atoms with Crippen molar-refractivity contribution >= 4 is 18.2 Å². The van der Waals surface area contributed by atoms with Crippen LogP contribution in [0.2, 0.25) is 0 Å². The van der Waals surface area contributed by atoms with Crippen LogP contribution in [-0.2, 0) is 4.74 Å². The number of hydrogen-bond acceptors (Lipinski definition) is 5. The first-order valence-electron chi connectivity index (χ1n) is 13.1. The zero-order valence-electron chi connectivity index (χ0n) is 23.0. The largest absolute Gasteiger partial charge is 0.378 e. The van der Waals surface area contributed by atoms with Crippen LogP contribution in [0.25, 0.3) is 0 Å². The minimum Gasteiger partial charge on any atom is -0.378 e. The number of aliphatic imine (C=N–C) groups is 2. The molecule has 1 unspecified atom stereocenters. The molecule has 200 valence electrons. The van der Waals surface area contributed by atoms with Gasteiger partial charge in [0, 0.05) is 50.3 Å². The number of morpholine rings is 1. The number of hydrogen-bond donors (Lipinski definition) is 2. The van der Waals surface area contributed by atoms with E-state index in [-0.39, 0.29) is 6.04 Å². The number of nitrogens with two attached hydrogens (primary N) is 1. The van der Waals surface area contributed by atoms with E-state index in [1.54, 1.807) is 0 Å². The second kappa shape index (κ2) is 15.4. The van der Waals surface area contributed by atoms with Crippen molar-refractivity contribution in [2.75, 3.05) is 39.9 Å². The van der Waals surface area contributed by atoms with Crippen LogP contribution in [0.1, 0.15) is 47.5 Å². The molecule has 3 N–H and O–H groups in total. The molecule has 0 aromatic heterocycles. The molecule has 1 aliphatic heterocycles. The molecule has 0 bridgehead atoms. The lowest BCUT2D eigenvalue weighted by molar-refractivity contribution is 0.0684. The lowest BCUT2D eigenvalue weighted by Crippen LogP contribution is -2.39. The van der Waals surface area contributed by atoms with Gasteiger partial charge in [0.15, 0.2) is 0 Å². The summed E-state index contributed by atoms with van der Waals surface area (Å²) in [6.07, 6.45) is 16.1. The van der Waals surface area contributed by atoms with E-state index in [0.717, 1.165) is 57.1 Å². The van der Waals surface area contributed by atoms with Gasteiger partial charge in [0.05, 0.1) is 19.6 Å². The number of carbonyl (C=O) groups excluding carboxylic acids is 1. The maximum Gasteiger partial charge on any atom is 0.320 e. The highest BCUT2D eigenvalue weighted by atomic mass is 16.5. The third kappa shape index (κ3) is 9.06. The highest BCUT2D eigenvalue weighted by molar-refractivity contribution is 5.92. The Morgan fingerprint density at radius 3 is 2.58 bits per heavy atom. The van der Waals surface area contributed by atoms with Crippen LogP contribution in [0.5, 0.6) is 0 Å². The van der Waals surface area contributed by atoms with E-state index in [9.17, 15) is 4.79 Å². The molecule has 0 aromatic rings. The van der Waals surface area contributed by atoms with Crippen molar-refractivity contribution in [1.82, 2.24) is 15.1 Å². The molecule has 8 nitrogen and oxygen atoms in total. The summed E-state index contributed by atoms with van der Waals surface area (Å²) in [5.74, 6) is 2.01. The van der Waals surface area contributed by atoms with Crippen LogP contribution < -0.4 is 11.1 Å². The van der Waals surface area contributed by atoms with E-state index < -0.39 is 6.03 Å². The van der Waals surface area contributed by atoms with Crippen molar-refractivity contribution in [1.29, 1.82) is 0 Å². The summed E-state index contributed by atoms with van der Waals surface area (Å²) < 4.78 is 5.44. The lowest BCUT2D eigenvalue weighted by Gasteiger charge is -2.28. The third-order valence-electron chi connectivity index (χ3n) is 6.76. The fraction of sp³-hybridized carbons (Fsp3) is 0.607. The Balaban J connectivity index is 1.91. The summed E-state index contributed by atoms with van der Waals surface area (Å²) in [4.78, 5) is 24.0. The van der Waals surface area contributed by atoms with Crippen LogP contribution in [0, 0.1) is 11.8 Å². The van der Waals surface area contributed by atoms with Gasteiger partial charge in [-0.2, -0.15) is 0 Å². The number of nitrogens with zero attached hydrogens (tertiary/aromatic N) is 4. The number of rotatable bonds is 12. The Kier molecular flexibility index (Phi) is 12.6. The fourth-order valence-electron chi connectivity index (χ4n) is 4.38. The van der Waals surface area contributed by atoms with E-state index in [2.05, 4.69) is 71.4 Å².